The molecule has 0 fully saturated rings. The molecular weight excluding hydrogens is 925 g/mol. The zero-order valence-corrected chi connectivity index (χ0v) is 50.3. The molecule has 438 valence electrons. The first-order valence-electron chi connectivity index (χ1n) is 33.1. The second-order valence-corrected chi connectivity index (χ2v) is 22.4. The molecule has 0 N–H and O–H groups in total. The molecule has 0 radical (unpaired) electrons. The van der Waals surface area contributed by atoms with Crippen LogP contribution in [0, 0.1) is 0 Å². The van der Waals surface area contributed by atoms with Crippen LogP contribution in [0.4, 0.5) is 0 Å². The van der Waals surface area contributed by atoms with Gasteiger partial charge in [0.2, 0.25) is 0 Å². The van der Waals surface area contributed by atoms with E-state index in [9.17, 15) is 14.4 Å². The van der Waals surface area contributed by atoms with Crippen molar-refractivity contribution in [1.82, 2.24) is 0 Å². The van der Waals surface area contributed by atoms with Crippen molar-refractivity contribution in [1.29, 1.82) is 0 Å². The summed E-state index contributed by atoms with van der Waals surface area (Å²) in [5.74, 6) is -0.873. The Hall–Kier alpha value is -2.63. The van der Waals surface area contributed by atoms with Gasteiger partial charge >= 0.3 is 17.9 Å². The van der Waals surface area contributed by atoms with Crippen LogP contribution in [-0.2, 0) is 28.6 Å². The predicted octanol–water partition coefficient (Wildman–Crippen LogP) is 22.6. The van der Waals surface area contributed by atoms with Gasteiger partial charge in [-0.15, -0.1) is 0 Å². The minimum atomic E-state index is -0.780. The van der Waals surface area contributed by atoms with Gasteiger partial charge < -0.3 is 14.2 Å². The Balaban J connectivity index is 4.28. The van der Waals surface area contributed by atoms with Crippen molar-refractivity contribution < 1.29 is 28.6 Å². The summed E-state index contributed by atoms with van der Waals surface area (Å²) in [6.07, 6.45) is 79.8. The summed E-state index contributed by atoms with van der Waals surface area (Å²) in [6.45, 7) is 6.61. The Kier molecular flexibility index (Phi) is 61.7. The molecule has 6 heteroatoms. The van der Waals surface area contributed by atoms with Crippen LogP contribution in [0.2, 0.25) is 0 Å². The smallest absolute Gasteiger partial charge is 0.306 e. The van der Waals surface area contributed by atoms with Gasteiger partial charge in [-0.05, 0) is 77.0 Å². The molecule has 0 aliphatic carbocycles. The maximum atomic E-state index is 12.9. The van der Waals surface area contributed by atoms with Crippen LogP contribution in [0.5, 0.6) is 0 Å². The van der Waals surface area contributed by atoms with E-state index in [2.05, 4.69) is 69.4 Å². The predicted molar refractivity (Wildman–Crippen MR) is 325 cm³/mol. The number of hydrogen-bond donors (Lipinski definition) is 0. The lowest BCUT2D eigenvalue weighted by molar-refractivity contribution is -0.167. The molecule has 0 aliphatic heterocycles. The van der Waals surface area contributed by atoms with Gasteiger partial charge in [0.25, 0.3) is 0 Å². The molecule has 0 spiro atoms. The number of carbonyl (C=O) groups is 3. The molecule has 6 nitrogen and oxygen atoms in total. The Morgan fingerprint density at radius 3 is 0.787 bits per heavy atom. The first-order valence-corrected chi connectivity index (χ1v) is 33.1. The van der Waals surface area contributed by atoms with Crippen LogP contribution in [0.25, 0.3) is 0 Å². The van der Waals surface area contributed by atoms with Crippen molar-refractivity contribution in [2.24, 2.45) is 0 Å². The van der Waals surface area contributed by atoms with Gasteiger partial charge in [0.05, 0.1) is 0 Å². The molecule has 0 aromatic heterocycles. The third kappa shape index (κ3) is 62.1. The highest BCUT2D eigenvalue weighted by molar-refractivity contribution is 5.71. The van der Waals surface area contributed by atoms with E-state index in [1.54, 1.807) is 0 Å². The van der Waals surface area contributed by atoms with E-state index in [1.807, 2.05) is 0 Å². The summed E-state index contributed by atoms with van der Waals surface area (Å²) in [6, 6.07) is 0. The molecule has 0 amide bonds. The molecule has 1 atom stereocenters. The van der Waals surface area contributed by atoms with Crippen LogP contribution >= 0.6 is 0 Å². The molecule has 0 heterocycles. The average Bonchev–Trinajstić information content (AvgIpc) is 3.41. The first kappa shape index (κ1) is 72.4. The van der Waals surface area contributed by atoms with E-state index in [1.165, 1.54) is 225 Å². The molecule has 1 unspecified atom stereocenters. The Morgan fingerprint density at radius 1 is 0.267 bits per heavy atom. The van der Waals surface area contributed by atoms with Gasteiger partial charge in [-0.3, -0.25) is 14.4 Å². The number of esters is 3. The van der Waals surface area contributed by atoms with Crippen LogP contribution < -0.4 is 0 Å². The SMILES string of the molecule is CCC/C=C\C/C=C\CCCCCCCC(=O)OCC(COC(=O)CCCCCCCCCCCCCCCCCCCCCCCCC)OC(=O)CCCCCCCCCCC/C=C\C/C=C\CCCCCCC. The normalized spacial score (nSPS) is 12.3. The highest BCUT2D eigenvalue weighted by Crippen LogP contribution is 2.18. The highest BCUT2D eigenvalue weighted by atomic mass is 16.6. The van der Waals surface area contributed by atoms with Gasteiger partial charge in [-0.1, -0.05) is 307 Å². The van der Waals surface area contributed by atoms with Gasteiger partial charge in [0.15, 0.2) is 6.10 Å². The summed E-state index contributed by atoms with van der Waals surface area (Å²) in [4.78, 5) is 38.3. The average molecular weight is 1050 g/mol. The van der Waals surface area contributed by atoms with E-state index >= 15 is 0 Å². The summed E-state index contributed by atoms with van der Waals surface area (Å²) in [5, 5.41) is 0. The summed E-state index contributed by atoms with van der Waals surface area (Å²) in [7, 11) is 0. The first-order chi connectivity index (χ1) is 37.0. The van der Waals surface area contributed by atoms with Gasteiger partial charge in [0, 0.05) is 19.3 Å². The topological polar surface area (TPSA) is 78.9 Å². The zero-order valence-electron chi connectivity index (χ0n) is 50.3. The van der Waals surface area contributed by atoms with E-state index in [0.29, 0.717) is 19.3 Å². The fraction of sp³-hybridized carbons (Fsp3) is 0.841. The van der Waals surface area contributed by atoms with Crippen LogP contribution in [0.3, 0.4) is 0 Å². The fourth-order valence-electron chi connectivity index (χ4n) is 9.81. The van der Waals surface area contributed by atoms with E-state index in [4.69, 9.17) is 14.2 Å². The maximum Gasteiger partial charge on any atom is 0.306 e. The summed E-state index contributed by atoms with van der Waals surface area (Å²) < 4.78 is 16.9. The maximum absolute atomic E-state index is 12.9. The largest absolute Gasteiger partial charge is 0.462 e. The third-order valence-corrected chi connectivity index (χ3v) is 14.8. The second-order valence-electron chi connectivity index (χ2n) is 22.4. The number of rotatable bonds is 61. The lowest BCUT2D eigenvalue weighted by atomic mass is 10.0. The van der Waals surface area contributed by atoms with E-state index < -0.39 is 6.10 Å². The van der Waals surface area contributed by atoms with Crippen molar-refractivity contribution in [3.8, 4) is 0 Å². The Morgan fingerprint density at radius 2 is 0.507 bits per heavy atom. The quantitative estimate of drug-likeness (QED) is 0.0261. The minimum absolute atomic E-state index is 0.0758. The molecule has 0 aliphatic rings. The van der Waals surface area contributed by atoms with Crippen LogP contribution in [0.1, 0.15) is 355 Å². The summed E-state index contributed by atoms with van der Waals surface area (Å²) in [5.41, 5.74) is 0. The Labute approximate surface area is 467 Å². The van der Waals surface area contributed by atoms with Gasteiger partial charge in [-0.25, -0.2) is 0 Å². The fourth-order valence-corrected chi connectivity index (χ4v) is 9.81. The molecule has 75 heavy (non-hydrogen) atoms. The van der Waals surface area contributed by atoms with Crippen molar-refractivity contribution in [3.63, 3.8) is 0 Å². The molecule has 0 aromatic rings. The lowest BCUT2D eigenvalue weighted by Gasteiger charge is -2.18. The molecule has 0 saturated heterocycles. The molecule has 0 bridgehead atoms. The number of ether oxygens (including phenoxy) is 3. The third-order valence-electron chi connectivity index (χ3n) is 14.8. The van der Waals surface area contributed by atoms with E-state index in [0.717, 1.165) is 89.9 Å². The monoisotopic (exact) mass is 1050 g/mol. The molecule has 0 saturated carbocycles. The number of carbonyl (C=O) groups excluding carboxylic acids is 3. The van der Waals surface area contributed by atoms with Crippen LogP contribution in [0.15, 0.2) is 48.6 Å². The van der Waals surface area contributed by atoms with Gasteiger partial charge in [-0.2, -0.15) is 0 Å². The van der Waals surface area contributed by atoms with Gasteiger partial charge in [0.1, 0.15) is 13.2 Å². The number of allylic oxidation sites excluding steroid dienone is 8. The number of hydrogen-bond acceptors (Lipinski definition) is 6. The summed E-state index contributed by atoms with van der Waals surface area (Å²) >= 11 is 0. The number of unbranched alkanes of at least 4 members (excludes halogenated alkanes) is 42. The van der Waals surface area contributed by atoms with Crippen molar-refractivity contribution >= 4 is 17.9 Å². The Bertz CT molecular complexity index is 1300. The van der Waals surface area contributed by atoms with Crippen LogP contribution in [-0.4, -0.2) is 37.2 Å². The molecule has 0 rings (SSSR count). The van der Waals surface area contributed by atoms with Crippen molar-refractivity contribution in [3.05, 3.63) is 48.6 Å². The molecule has 0 aromatic carbocycles. The minimum Gasteiger partial charge on any atom is -0.462 e. The molecular formula is C69H126O6. The van der Waals surface area contributed by atoms with Crippen molar-refractivity contribution in [2.45, 2.75) is 361 Å². The zero-order chi connectivity index (χ0) is 54.3. The van der Waals surface area contributed by atoms with Crippen molar-refractivity contribution in [2.75, 3.05) is 13.2 Å². The van der Waals surface area contributed by atoms with E-state index in [-0.39, 0.29) is 31.1 Å². The standard InChI is InChI=1S/C69H126O6/c1-4-7-10-13-16-19-22-25-27-29-31-33-34-36-37-39-41-44-47-50-53-56-59-62-68(71)74-65-66(64-73-67(70)61-58-55-52-49-46-43-24-21-18-15-12-9-6-3)75-69(72)63-60-57-54-51-48-45-42-40-38-35-32-30-28-26-23-20-17-14-11-8-5-2/h12,15,21,23-24,26,30,32,66H,4-11,13-14,16-20,22,25,27-29,31,33-65H2,1-3H3/b15-12-,24-21-,26-23-,32-30-. The highest BCUT2D eigenvalue weighted by Gasteiger charge is 2.19. The second kappa shape index (κ2) is 63.9. The lowest BCUT2D eigenvalue weighted by Crippen LogP contribution is -2.30.